The van der Waals surface area contributed by atoms with E-state index in [4.69, 9.17) is 0 Å². The number of aromatic nitrogens is 5. The summed E-state index contributed by atoms with van der Waals surface area (Å²) in [5, 5.41) is 13.4. The number of alkyl halides is 3. The van der Waals surface area contributed by atoms with Gasteiger partial charge in [0.2, 0.25) is 4.73 Å². The van der Waals surface area contributed by atoms with Crippen molar-refractivity contribution < 1.29 is 18.0 Å². The first kappa shape index (κ1) is 18.0. The van der Waals surface area contributed by atoms with Crippen LogP contribution in [0, 0.1) is 0 Å². The molecular weight excluding hydrogens is 417 g/mol. The molecular formula is C15H10BrF3N6O. The Labute approximate surface area is 153 Å². The Hall–Kier alpha value is -2.82. The van der Waals surface area contributed by atoms with E-state index in [0.717, 1.165) is 10.2 Å². The lowest BCUT2D eigenvalue weighted by atomic mass is 10.2. The van der Waals surface area contributed by atoms with E-state index >= 15 is 0 Å². The van der Waals surface area contributed by atoms with E-state index in [1.807, 2.05) is 30.3 Å². The highest BCUT2D eigenvalue weighted by atomic mass is 79.9. The number of nitrogens with zero attached hydrogens (tertiary/aromatic N) is 5. The third-order valence-electron chi connectivity index (χ3n) is 3.24. The Morgan fingerprint density at radius 1 is 1.23 bits per heavy atom. The van der Waals surface area contributed by atoms with Gasteiger partial charge >= 0.3 is 6.18 Å². The molecule has 2 heterocycles. The van der Waals surface area contributed by atoms with Gasteiger partial charge in [0.25, 0.3) is 11.7 Å². The van der Waals surface area contributed by atoms with Gasteiger partial charge in [0.1, 0.15) is 0 Å². The minimum atomic E-state index is -4.70. The summed E-state index contributed by atoms with van der Waals surface area (Å²) in [7, 11) is 0. The largest absolute Gasteiger partial charge is 0.453 e. The molecule has 0 radical (unpaired) electrons. The standard InChI is InChI=1S/C15H10BrF3N6O/c16-14-22-13(15(17,18)19)24-25(14)11-6-10(8-21-23-11)12(26)20-7-9-4-2-1-3-5-9/h1-6,8H,7H2,(H,20,26). The van der Waals surface area contributed by atoms with Crippen molar-refractivity contribution in [2.45, 2.75) is 12.7 Å². The molecule has 0 atom stereocenters. The highest BCUT2D eigenvalue weighted by molar-refractivity contribution is 9.10. The number of hydrogen-bond acceptors (Lipinski definition) is 5. The molecule has 0 saturated carbocycles. The number of amides is 1. The van der Waals surface area contributed by atoms with Gasteiger partial charge < -0.3 is 5.32 Å². The third kappa shape index (κ3) is 4.04. The first-order valence-corrected chi connectivity index (χ1v) is 7.99. The second kappa shape index (κ2) is 7.20. The van der Waals surface area contributed by atoms with Gasteiger partial charge in [-0.2, -0.15) is 27.9 Å². The monoisotopic (exact) mass is 426 g/mol. The predicted molar refractivity (Wildman–Crippen MR) is 87.3 cm³/mol. The number of carbonyl (C=O) groups excluding carboxylic acids is 1. The van der Waals surface area contributed by atoms with E-state index in [1.165, 1.54) is 12.3 Å². The SMILES string of the molecule is O=C(NCc1ccccc1)c1cnnc(-n2nc(C(F)(F)F)nc2Br)c1. The lowest BCUT2D eigenvalue weighted by molar-refractivity contribution is -0.144. The van der Waals surface area contributed by atoms with Crippen LogP contribution in [-0.2, 0) is 12.7 Å². The highest BCUT2D eigenvalue weighted by Gasteiger charge is 2.37. The molecule has 2 aromatic heterocycles. The van der Waals surface area contributed by atoms with Crippen molar-refractivity contribution in [2.24, 2.45) is 0 Å². The van der Waals surface area contributed by atoms with E-state index in [9.17, 15) is 18.0 Å². The van der Waals surface area contributed by atoms with Crippen molar-refractivity contribution in [2.75, 3.05) is 0 Å². The van der Waals surface area contributed by atoms with Crippen molar-refractivity contribution >= 4 is 21.8 Å². The normalized spacial score (nSPS) is 11.4. The highest BCUT2D eigenvalue weighted by Crippen LogP contribution is 2.28. The van der Waals surface area contributed by atoms with Gasteiger partial charge in [-0.1, -0.05) is 30.3 Å². The number of benzene rings is 1. The Balaban J connectivity index is 1.80. The molecule has 1 aromatic carbocycles. The summed E-state index contributed by atoms with van der Waals surface area (Å²) in [6.07, 6.45) is -3.49. The minimum absolute atomic E-state index is 0.0766. The van der Waals surface area contributed by atoms with E-state index in [2.05, 4.69) is 41.5 Å². The Kier molecular flexibility index (Phi) is 4.98. The zero-order valence-corrected chi connectivity index (χ0v) is 14.5. The summed E-state index contributed by atoms with van der Waals surface area (Å²) in [4.78, 5) is 15.5. The summed E-state index contributed by atoms with van der Waals surface area (Å²) < 4.78 is 38.7. The van der Waals surface area contributed by atoms with Crippen LogP contribution in [0.25, 0.3) is 5.82 Å². The molecule has 0 unspecified atom stereocenters. The third-order valence-corrected chi connectivity index (χ3v) is 3.75. The topological polar surface area (TPSA) is 85.6 Å². The van der Waals surface area contributed by atoms with Crippen LogP contribution in [0.3, 0.4) is 0 Å². The molecule has 26 heavy (non-hydrogen) atoms. The van der Waals surface area contributed by atoms with Crippen LogP contribution < -0.4 is 5.32 Å². The van der Waals surface area contributed by atoms with Gasteiger partial charge in [-0.3, -0.25) is 4.79 Å². The summed E-state index contributed by atoms with van der Waals surface area (Å²) in [5.41, 5.74) is 1.03. The fraction of sp³-hybridized carbons (Fsp3) is 0.133. The number of hydrogen-bond donors (Lipinski definition) is 1. The molecule has 0 spiro atoms. The van der Waals surface area contributed by atoms with Crippen LogP contribution in [0.4, 0.5) is 13.2 Å². The second-order valence-electron chi connectivity index (χ2n) is 5.08. The van der Waals surface area contributed by atoms with Gasteiger partial charge in [-0.15, -0.1) is 10.2 Å². The van der Waals surface area contributed by atoms with Crippen molar-refractivity contribution in [3.8, 4) is 5.82 Å². The van der Waals surface area contributed by atoms with Gasteiger partial charge in [0.15, 0.2) is 5.82 Å². The molecule has 3 rings (SSSR count). The lowest BCUT2D eigenvalue weighted by Gasteiger charge is -2.06. The van der Waals surface area contributed by atoms with E-state index < -0.39 is 17.9 Å². The van der Waals surface area contributed by atoms with Crippen LogP contribution in [0.2, 0.25) is 0 Å². The van der Waals surface area contributed by atoms with Gasteiger partial charge in [0.05, 0.1) is 11.8 Å². The molecule has 0 fully saturated rings. The molecule has 0 saturated heterocycles. The quantitative estimate of drug-likeness (QED) is 0.693. The van der Waals surface area contributed by atoms with E-state index in [0.29, 0.717) is 6.54 Å². The lowest BCUT2D eigenvalue weighted by Crippen LogP contribution is -2.23. The van der Waals surface area contributed by atoms with E-state index in [-0.39, 0.29) is 16.1 Å². The van der Waals surface area contributed by atoms with Crippen LogP contribution in [0.5, 0.6) is 0 Å². The van der Waals surface area contributed by atoms with Crippen LogP contribution in [-0.4, -0.2) is 30.9 Å². The zero-order valence-electron chi connectivity index (χ0n) is 12.9. The number of rotatable bonds is 4. The summed E-state index contributed by atoms with van der Waals surface area (Å²) in [6.45, 7) is 0.294. The maximum Gasteiger partial charge on any atom is 0.453 e. The fourth-order valence-electron chi connectivity index (χ4n) is 2.02. The summed E-state index contributed by atoms with van der Waals surface area (Å²) in [5.74, 6) is -1.85. The average Bonchev–Trinajstić information content (AvgIpc) is 3.03. The molecule has 1 amide bonds. The van der Waals surface area contributed by atoms with Crippen LogP contribution >= 0.6 is 15.9 Å². The molecule has 0 aliphatic rings. The van der Waals surface area contributed by atoms with Gasteiger partial charge in [-0.05, 0) is 27.6 Å². The zero-order chi connectivity index (χ0) is 18.7. The molecule has 7 nitrogen and oxygen atoms in total. The Morgan fingerprint density at radius 2 is 1.96 bits per heavy atom. The number of nitrogens with one attached hydrogen (secondary N) is 1. The summed E-state index contributed by atoms with van der Waals surface area (Å²) >= 11 is 2.89. The Bertz CT molecular complexity index is 929. The molecule has 1 N–H and O–H groups in total. The van der Waals surface area contributed by atoms with Crippen LogP contribution in [0.1, 0.15) is 21.7 Å². The molecule has 11 heteroatoms. The molecule has 0 aliphatic carbocycles. The number of carbonyl (C=O) groups is 1. The van der Waals surface area contributed by atoms with Crippen molar-refractivity contribution in [1.29, 1.82) is 0 Å². The Morgan fingerprint density at radius 3 is 2.62 bits per heavy atom. The maximum atomic E-state index is 12.7. The van der Waals surface area contributed by atoms with Crippen molar-refractivity contribution in [1.82, 2.24) is 30.3 Å². The molecule has 0 aliphatic heterocycles. The smallest absolute Gasteiger partial charge is 0.348 e. The fourth-order valence-corrected chi connectivity index (χ4v) is 2.45. The predicted octanol–water partition coefficient (Wildman–Crippen LogP) is 2.77. The van der Waals surface area contributed by atoms with Crippen LogP contribution in [0.15, 0.2) is 47.3 Å². The van der Waals surface area contributed by atoms with Gasteiger partial charge in [-0.25, -0.2) is 0 Å². The first-order valence-electron chi connectivity index (χ1n) is 7.19. The molecule has 3 aromatic rings. The van der Waals surface area contributed by atoms with Gasteiger partial charge in [0, 0.05) is 6.54 Å². The second-order valence-corrected chi connectivity index (χ2v) is 5.79. The maximum absolute atomic E-state index is 12.7. The summed E-state index contributed by atoms with van der Waals surface area (Å²) in [6, 6.07) is 10.5. The van der Waals surface area contributed by atoms with E-state index in [1.54, 1.807) is 0 Å². The molecule has 0 bridgehead atoms. The van der Waals surface area contributed by atoms with Crippen molar-refractivity contribution in [3.63, 3.8) is 0 Å². The average molecular weight is 427 g/mol. The number of halogens is 4. The molecule has 134 valence electrons. The first-order chi connectivity index (χ1) is 12.3. The minimum Gasteiger partial charge on any atom is -0.348 e. The van der Waals surface area contributed by atoms with Crippen molar-refractivity contribution in [3.05, 3.63) is 64.3 Å².